The van der Waals surface area contributed by atoms with Crippen molar-refractivity contribution in [1.82, 2.24) is 9.30 Å². The van der Waals surface area contributed by atoms with Crippen LogP contribution in [0, 0.1) is 5.41 Å². The number of benzene rings is 1. The number of aromatic nitrogens is 1. The van der Waals surface area contributed by atoms with E-state index in [1.165, 1.54) is 5.56 Å². The van der Waals surface area contributed by atoms with Gasteiger partial charge < -0.3 is 14.4 Å². The Morgan fingerprint density at radius 3 is 2.67 bits per heavy atom. The third-order valence-electron chi connectivity index (χ3n) is 6.58. The molecule has 0 unspecified atom stereocenters. The Balaban J connectivity index is 1.48. The second-order valence-corrected chi connectivity index (χ2v) is 8.06. The molecule has 4 heterocycles. The summed E-state index contributed by atoms with van der Waals surface area (Å²) in [6.45, 7) is 0.127. The van der Waals surface area contributed by atoms with Crippen LogP contribution >= 0.6 is 0 Å². The molecule has 2 bridgehead atoms. The number of hydrogen-bond donors (Lipinski definition) is 1. The van der Waals surface area contributed by atoms with E-state index in [0.29, 0.717) is 0 Å². The summed E-state index contributed by atoms with van der Waals surface area (Å²) >= 11 is 0. The van der Waals surface area contributed by atoms with Crippen molar-refractivity contribution in [1.29, 1.82) is 0 Å². The van der Waals surface area contributed by atoms with Gasteiger partial charge in [0.25, 0.3) is 5.91 Å². The molecule has 0 saturated carbocycles. The number of aliphatic hydroxyl groups excluding tert-OH is 1. The van der Waals surface area contributed by atoms with Crippen molar-refractivity contribution < 1.29 is 9.90 Å². The Hall–Kier alpha value is -2.59. The molecule has 27 heavy (non-hydrogen) atoms. The maximum atomic E-state index is 13.5. The van der Waals surface area contributed by atoms with Crippen LogP contribution in [0.3, 0.4) is 0 Å². The molecule has 4 nitrogen and oxygen atoms in total. The summed E-state index contributed by atoms with van der Waals surface area (Å²) in [5.74, 6) is 0.0945. The molecule has 1 aromatic carbocycles. The van der Waals surface area contributed by atoms with Gasteiger partial charge in [-0.25, -0.2) is 0 Å². The molecule has 5 rings (SSSR count). The first-order valence-electron chi connectivity index (χ1n) is 9.75. The van der Waals surface area contributed by atoms with Crippen LogP contribution in [-0.4, -0.2) is 39.0 Å². The van der Waals surface area contributed by atoms with Gasteiger partial charge in [0.1, 0.15) is 5.69 Å². The molecule has 0 spiro atoms. The van der Waals surface area contributed by atoms with Gasteiger partial charge in [-0.05, 0) is 55.5 Å². The number of carbonyl (C=O) groups excluding carboxylic acids is 1. The lowest BCUT2D eigenvalue weighted by Gasteiger charge is -2.36. The molecule has 2 aliphatic heterocycles. The summed E-state index contributed by atoms with van der Waals surface area (Å²) in [4.78, 5) is 15.5. The largest absolute Gasteiger partial charge is 0.396 e. The lowest BCUT2D eigenvalue weighted by molar-refractivity contribution is 0.0566. The van der Waals surface area contributed by atoms with Gasteiger partial charge in [0.05, 0.1) is 6.61 Å². The second-order valence-electron chi connectivity index (χ2n) is 8.06. The van der Waals surface area contributed by atoms with Crippen molar-refractivity contribution in [3.05, 3.63) is 78.1 Å². The molecule has 3 atom stereocenters. The highest BCUT2D eigenvalue weighted by Gasteiger charge is 2.57. The summed E-state index contributed by atoms with van der Waals surface area (Å²) < 4.78 is 1.97. The third kappa shape index (κ3) is 2.51. The van der Waals surface area contributed by atoms with Crippen LogP contribution in [0.5, 0.6) is 0 Å². The van der Waals surface area contributed by atoms with Crippen LogP contribution in [0.2, 0.25) is 0 Å². The van der Waals surface area contributed by atoms with Gasteiger partial charge in [-0.2, -0.15) is 0 Å². The number of aliphatic hydroxyl groups is 1. The number of carbonyl (C=O) groups is 1. The van der Waals surface area contributed by atoms with E-state index in [9.17, 15) is 9.90 Å². The fourth-order valence-corrected chi connectivity index (χ4v) is 5.38. The summed E-state index contributed by atoms with van der Waals surface area (Å²) in [7, 11) is 0. The molecular weight excluding hydrogens is 336 g/mol. The van der Waals surface area contributed by atoms with Crippen molar-refractivity contribution in [3.8, 4) is 0 Å². The zero-order valence-electron chi connectivity index (χ0n) is 15.3. The van der Waals surface area contributed by atoms with E-state index in [0.717, 1.165) is 36.9 Å². The SMILES string of the molecule is O=C(c1ccc2ccccn12)N1[C@@H]2CC[C@H]1[C@](CO)(Cc1ccccc1)C2. The molecule has 1 N–H and O–H groups in total. The topological polar surface area (TPSA) is 45.0 Å². The molecule has 2 saturated heterocycles. The molecule has 4 heteroatoms. The first-order valence-corrected chi connectivity index (χ1v) is 9.75. The van der Waals surface area contributed by atoms with E-state index >= 15 is 0 Å². The lowest BCUT2D eigenvalue weighted by Crippen LogP contribution is -2.44. The average Bonchev–Trinajstić information content (AvgIpc) is 3.40. The minimum absolute atomic E-state index is 0.0945. The smallest absolute Gasteiger partial charge is 0.271 e. The lowest BCUT2D eigenvalue weighted by atomic mass is 9.70. The van der Waals surface area contributed by atoms with E-state index in [-0.39, 0.29) is 30.0 Å². The van der Waals surface area contributed by atoms with Crippen LogP contribution in [0.25, 0.3) is 5.52 Å². The summed E-state index contributed by atoms with van der Waals surface area (Å²) in [6, 6.07) is 20.6. The van der Waals surface area contributed by atoms with E-state index in [1.807, 2.05) is 59.1 Å². The monoisotopic (exact) mass is 360 g/mol. The average molecular weight is 360 g/mol. The first-order chi connectivity index (χ1) is 13.2. The highest BCUT2D eigenvalue weighted by atomic mass is 16.3. The van der Waals surface area contributed by atoms with Gasteiger partial charge in [-0.15, -0.1) is 0 Å². The number of fused-ring (bicyclic) bond motifs is 3. The fourth-order valence-electron chi connectivity index (χ4n) is 5.38. The number of amides is 1. The summed E-state index contributed by atoms with van der Waals surface area (Å²) in [6.07, 6.45) is 5.68. The van der Waals surface area contributed by atoms with Crippen LogP contribution < -0.4 is 0 Å². The predicted molar refractivity (Wildman–Crippen MR) is 105 cm³/mol. The highest BCUT2D eigenvalue weighted by molar-refractivity contribution is 5.95. The van der Waals surface area contributed by atoms with Gasteiger partial charge in [0.2, 0.25) is 0 Å². The van der Waals surface area contributed by atoms with Gasteiger partial charge in [0.15, 0.2) is 0 Å². The zero-order chi connectivity index (χ0) is 18.4. The van der Waals surface area contributed by atoms with Crippen molar-refractivity contribution >= 4 is 11.4 Å². The van der Waals surface area contributed by atoms with Crippen LogP contribution in [0.1, 0.15) is 35.3 Å². The summed E-state index contributed by atoms with van der Waals surface area (Å²) in [5, 5.41) is 10.4. The minimum atomic E-state index is -0.229. The Kier molecular flexibility index (Phi) is 3.83. The molecule has 0 aliphatic carbocycles. The highest BCUT2D eigenvalue weighted by Crippen LogP contribution is 2.51. The molecule has 0 radical (unpaired) electrons. The Morgan fingerprint density at radius 1 is 1.04 bits per heavy atom. The van der Waals surface area contributed by atoms with Gasteiger partial charge in [-0.3, -0.25) is 4.79 Å². The minimum Gasteiger partial charge on any atom is -0.396 e. The van der Waals surface area contributed by atoms with Crippen molar-refractivity contribution in [3.63, 3.8) is 0 Å². The normalized spacial score (nSPS) is 26.8. The number of pyridine rings is 1. The van der Waals surface area contributed by atoms with Crippen molar-refractivity contribution in [2.45, 2.75) is 37.8 Å². The van der Waals surface area contributed by atoms with Gasteiger partial charge in [0, 0.05) is 29.2 Å². The maximum absolute atomic E-state index is 13.5. The van der Waals surface area contributed by atoms with Crippen molar-refractivity contribution in [2.75, 3.05) is 6.61 Å². The Bertz CT molecular complexity index is 980. The number of hydrogen-bond acceptors (Lipinski definition) is 2. The number of nitrogens with zero attached hydrogens (tertiary/aromatic N) is 2. The van der Waals surface area contributed by atoms with Gasteiger partial charge in [-0.1, -0.05) is 36.4 Å². The molecule has 2 aromatic heterocycles. The Morgan fingerprint density at radius 2 is 1.85 bits per heavy atom. The molecule has 138 valence electrons. The van der Waals surface area contributed by atoms with Crippen LogP contribution in [-0.2, 0) is 6.42 Å². The van der Waals surface area contributed by atoms with Gasteiger partial charge >= 0.3 is 0 Å². The standard InChI is InChI=1S/C23H24N2O2/c26-16-23(14-17-6-2-1-3-7-17)15-19-10-12-21(23)25(19)22(27)20-11-9-18-8-4-5-13-24(18)20/h1-9,11,13,19,21,26H,10,12,14-16H2/t19-,21+,23-/m1/s1. The molecular formula is C23H24N2O2. The quantitative estimate of drug-likeness (QED) is 0.773. The van der Waals surface area contributed by atoms with E-state index in [1.54, 1.807) is 0 Å². The molecule has 2 fully saturated rings. The molecule has 3 aromatic rings. The van der Waals surface area contributed by atoms with Crippen molar-refractivity contribution in [2.24, 2.45) is 5.41 Å². The van der Waals surface area contributed by atoms with E-state index in [4.69, 9.17) is 0 Å². The Labute approximate surface area is 159 Å². The van der Waals surface area contributed by atoms with Crippen LogP contribution in [0.4, 0.5) is 0 Å². The third-order valence-corrected chi connectivity index (χ3v) is 6.58. The first kappa shape index (κ1) is 16.6. The van der Waals surface area contributed by atoms with E-state index in [2.05, 4.69) is 17.0 Å². The second kappa shape index (κ2) is 6.24. The van der Waals surface area contributed by atoms with Crippen LogP contribution in [0.15, 0.2) is 66.9 Å². The maximum Gasteiger partial charge on any atom is 0.271 e. The van der Waals surface area contributed by atoms with E-state index < -0.39 is 0 Å². The number of rotatable bonds is 4. The molecule has 2 aliphatic rings. The molecule has 1 amide bonds. The summed E-state index contributed by atoms with van der Waals surface area (Å²) in [5.41, 5.74) is 2.76. The fraction of sp³-hybridized carbons (Fsp3) is 0.348. The predicted octanol–water partition coefficient (Wildman–Crippen LogP) is 3.54. The zero-order valence-corrected chi connectivity index (χ0v) is 15.3.